The highest BCUT2D eigenvalue weighted by molar-refractivity contribution is 5.99. The molecule has 0 aromatic rings. The van der Waals surface area contributed by atoms with Crippen LogP contribution in [0.4, 0.5) is 0 Å². The monoisotopic (exact) mass is 178 g/mol. The zero-order chi connectivity index (χ0) is 9.42. The van der Waals surface area contributed by atoms with Crippen LogP contribution in [-0.2, 0) is 4.79 Å². The maximum absolute atomic E-state index is 11.5. The highest BCUT2D eigenvalue weighted by atomic mass is 16.1. The molecule has 0 spiro atoms. The van der Waals surface area contributed by atoms with Gasteiger partial charge in [0.1, 0.15) is 5.84 Å². The third-order valence-corrected chi connectivity index (χ3v) is 2.86. The molecule has 13 heavy (non-hydrogen) atoms. The summed E-state index contributed by atoms with van der Waals surface area (Å²) in [5.74, 6) is 1.32. The number of allylic oxidation sites excluding steroid dienone is 1. The van der Waals surface area contributed by atoms with Gasteiger partial charge in [0.2, 0.25) is 0 Å². The third-order valence-electron chi connectivity index (χ3n) is 2.86. The van der Waals surface area contributed by atoms with Gasteiger partial charge >= 0.3 is 0 Å². The molecule has 2 aliphatic rings. The number of hydrogen-bond acceptors (Lipinski definition) is 3. The van der Waals surface area contributed by atoms with Crippen molar-refractivity contribution < 1.29 is 4.79 Å². The summed E-state index contributed by atoms with van der Waals surface area (Å²) < 4.78 is 0. The SMILES string of the molecule is CC1=NCC2=C(CCCC2=O)N1C. The first-order chi connectivity index (χ1) is 6.20. The highest BCUT2D eigenvalue weighted by Crippen LogP contribution is 2.27. The summed E-state index contributed by atoms with van der Waals surface area (Å²) in [5, 5.41) is 0. The number of nitrogens with zero attached hydrogens (tertiary/aromatic N) is 2. The Kier molecular flexibility index (Phi) is 1.94. The van der Waals surface area contributed by atoms with E-state index in [1.165, 1.54) is 5.70 Å². The molecular formula is C10H14N2O. The van der Waals surface area contributed by atoms with Gasteiger partial charge in [0, 0.05) is 24.7 Å². The minimum atomic E-state index is 0.296. The van der Waals surface area contributed by atoms with Crippen molar-refractivity contribution >= 4 is 11.6 Å². The number of carbonyl (C=O) groups excluding carboxylic acids is 1. The number of rotatable bonds is 0. The average molecular weight is 178 g/mol. The molecule has 0 saturated heterocycles. The molecule has 1 heterocycles. The Balaban J connectivity index is 2.36. The van der Waals surface area contributed by atoms with Crippen molar-refractivity contribution in [2.45, 2.75) is 26.2 Å². The van der Waals surface area contributed by atoms with Crippen LogP contribution in [0.2, 0.25) is 0 Å². The van der Waals surface area contributed by atoms with Gasteiger partial charge in [-0.05, 0) is 19.8 Å². The van der Waals surface area contributed by atoms with Crippen molar-refractivity contribution in [3.8, 4) is 0 Å². The molecule has 0 atom stereocenters. The fourth-order valence-corrected chi connectivity index (χ4v) is 1.92. The van der Waals surface area contributed by atoms with Crippen molar-refractivity contribution in [3.63, 3.8) is 0 Å². The van der Waals surface area contributed by atoms with E-state index >= 15 is 0 Å². The Labute approximate surface area is 78.1 Å². The summed E-state index contributed by atoms with van der Waals surface area (Å²) in [6.45, 7) is 2.59. The molecule has 1 aliphatic heterocycles. The molecule has 1 aliphatic carbocycles. The van der Waals surface area contributed by atoms with Gasteiger partial charge in [-0.25, -0.2) is 0 Å². The van der Waals surface area contributed by atoms with Crippen LogP contribution in [0.5, 0.6) is 0 Å². The first-order valence-corrected chi connectivity index (χ1v) is 4.70. The van der Waals surface area contributed by atoms with Crippen LogP contribution in [0.25, 0.3) is 0 Å². The lowest BCUT2D eigenvalue weighted by molar-refractivity contribution is -0.116. The number of ketones is 1. The van der Waals surface area contributed by atoms with E-state index in [-0.39, 0.29) is 0 Å². The summed E-state index contributed by atoms with van der Waals surface area (Å²) in [5.41, 5.74) is 2.14. The molecule has 0 bridgehead atoms. The Morgan fingerprint density at radius 1 is 1.38 bits per heavy atom. The topological polar surface area (TPSA) is 32.7 Å². The summed E-state index contributed by atoms with van der Waals surface area (Å²) in [7, 11) is 1.99. The van der Waals surface area contributed by atoms with Gasteiger partial charge in [-0.1, -0.05) is 0 Å². The lowest BCUT2D eigenvalue weighted by Gasteiger charge is -2.31. The Morgan fingerprint density at radius 2 is 2.15 bits per heavy atom. The van der Waals surface area contributed by atoms with Gasteiger partial charge in [0.15, 0.2) is 5.78 Å². The van der Waals surface area contributed by atoms with Crippen molar-refractivity contribution in [1.29, 1.82) is 0 Å². The minimum Gasteiger partial charge on any atom is -0.337 e. The molecule has 70 valence electrons. The van der Waals surface area contributed by atoms with Crippen LogP contribution >= 0.6 is 0 Å². The van der Waals surface area contributed by atoms with Crippen molar-refractivity contribution in [3.05, 3.63) is 11.3 Å². The highest BCUT2D eigenvalue weighted by Gasteiger charge is 2.25. The van der Waals surface area contributed by atoms with Crippen LogP contribution in [0.1, 0.15) is 26.2 Å². The summed E-state index contributed by atoms with van der Waals surface area (Å²) >= 11 is 0. The molecule has 0 N–H and O–H groups in total. The van der Waals surface area contributed by atoms with Gasteiger partial charge < -0.3 is 4.90 Å². The molecule has 2 rings (SSSR count). The molecule has 0 radical (unpaired) electrons. The normalized spacial score (nSPS) is 23.1. The van der Waals surface area contributed by atoms with Gasteiger partial charge in [0.25, 0.3) is 0 Å². The number of amidine groups is 1. The second-order valence-corrected chi connectivity index (χ2v) is 3.62. The Hall–Kier alpha value is -1.12. The molecule has 0 fully saturated rings. The zero-order valence-electron chi connectivity index (χ0n) is 8.13. The van der Waals surface area contributed by atoms with E-state index in [1.807, 2.05) is 14.0 Å². The third kappa shape index (κ3) is 1.28. The van der Waals surface area contributed by atoms with Crippen LogP contribution in [0, 0.1) is 0 Å². The molecule has 3 heteroatoms. The van der Waals surface area contributed by atoms with E-state index in [1.54, 1.807) is 0 Å². The van der Waals surface area contributed by atoms with Crippen LogP contribution < -0.4 is 0 Å². The molecule has 3 nitrogen and oxygen atoms in total. The number of carbonyl (C=O) groups is 1. The van der Waals surface area contributed by atoms with E-state index in [4.69, 9.17) is 0 Å². The lowest BCUT2D eigenvalue weighted by atomic mass is 9.93. The van der Waals surface area contributed by atoms with E-state index < -0.39 is 0 Å². The Bertz CT molecular complexity index is 315. The molecular weight excluding hydrogens is 164 g/mol. The van der Waals surface area contributed by atoms with Crippen LogP contribution in [-0.4, -0.2) is 30.1 Å². The second kappa shape index (κ2) is 2.98. The van der Waals surface area contributed by atoms with E-state index in [9.17, 15) is 4.79 Å². The van der Waals surface area contributed by atoms with Gasteiger partial charge in [-0.15, -0.1) is 0 Å². The standard InChI is InChI=1S/C10H14N2O/c1-7-11-6-8-9(12(7)2)4-3-5-10(8)13/h3-6H2,1-2H3. The van der Waals surface area contributed by atoms with Crippen LogP contribution in [0.15, 0.2) is 16.3 Å². The minimum absolute atomic E-state index is 0.296. The lowest BCUT2D eigenvalue weighted by Crippen LogP contribution is -2.33. The first-order valence-electron chi connectivity index (χ1n) is 4.70. The molecule has 0 unspecified atom stereocenters. The molecule has 0 amide bonds. The fraction of sp³-hybridized carbons (Fsp3) is 0.600. The van der Waals surface area contributed by atoms with E-state index in [2.05, 4.69) is 9.89 Å². The second-order valence-electron chi connectivity index (χ2n) is 3.62. The predicted molar refractivity (Wildman–Crippen MR) is 51.6 cm³/mol. The smallest absolute Gasteiger partial charge is 0.162 e. The number of hydrogen-bond donors (Lipinski definition) is 0. The quantitative estimate of drug-likeness (QED) is 0.561. The van der Waals surface area contributed by atoms with Crippen molar-refractivity contribution in [1.82, 2.24) is 4.90 Å². The summed E-state index contributed by atoms with van der Waals surface area (Å²) in [6, 6.07) is 0. The maximum atomic E-state index is 11.5. The number of Topliss-reactive ketones (excluding diaryl/α,β-unsaturated/α-hetero) is 1. The summed E-state index contributed by atoms with van der Waals surface area (Å²) in [4.78, 5) is 17.9. The average Bonchev–Trinajstić information content (AvgIpc) is 2.12. The van der Waals surface area contributed by atoms with Gasteiger partial charge in [-0.3, -0.25) is 9.79 Å². The van der Waals surface area contributed by atoms with E-state index in [0.29, 0.717) is 18.7 Å². The molecule has 0 aromatic carbocycles. The number of aliphatic imine (C=N–C) groups is 1. The van der Waals surface area contributed by atoms with Crippen molar-refractivity contribution in [2.75, 3.05) is 13.6 Å². The van der Waals surface area contributed by atoms with Gasteiger partial charge in [-0.2, -0.15) is 0 Å². The first kappa shape index (κ1) is 8.48. The largest absolute Gasteiger partial charge is 0.337 e. The van der Waals surface area contributed by atoms with E-state index in [0.717, 1.165) is 24.3 Å². The molecule has 0 aromatic heterocycles. The molecule has 0 saturated carbocycles. The van der Waals surface area contributed by atoms with Crippen LogP contribution in [0.3, 0.4) is 0 Å². The maximum Gasteiger partial charge on any atom is 0.162 e. The predicted octanol–water partition coefficient (Wildman–Crippen LogP) is 1.36. The fourth-order valence-electron chi connectivity index (χ4n) is 1.92. The summed E-state index contributed by atoms with van der Waals surface area (Å²) in [6.07, 6.45) is 2.74. The zero-order valence-corrected chi connectivity index (χ0v) is 8.13. The Morgan fingerprint density at radius 3 is 2.92 bits per heavy atom. The van der Waals surface area contributed by atoms with Gasteiger partial charge in [0.05, 0.1) is 6.54 Å². The van der Waals surface area contributed by atoms with Crippen molar-refractivity contribution in [2.24, 2.45) is 4.99 Å².